The van der Waals surface area contributed by atoms with E-state index in [9.17, 15) is 9.59 Å². The van der Waals surface area contributed by atoms with E-state index in [1.165, 1.54) is 11.3 Å². The molecule has 0 aliphatic carbocycles. The Morgan fingerprint density at radius 2 is 2.13 bits per heavy atom. The van der Waals surface area contributed by atoms with E-state index < -0.39 is 11.6 Å². The minimum absolute atomic E-state index is 0.0595. The fourth-order valence-electron chi connectivity index (χ4n) is 3.90. The van der Waals surface area contributed by atoms with E-state index in [1.807, 2.05) is 0 Å². The number of Topliss-reactive ketones (excluding diaryl/α,β-unsaturated/α-hetero) is 1. The molecule has 12 heteroatoms. The van der Waals surface area contributed by atoms with E-state index in [4.69, 9.17) is 21.4 Å². The molecular formula is C19H17ClN6O4S. The van der Waals surface area contributed by atoms with Crippen LogP contribution >= 0.6 is 22.9 Å². The van der Waals surface area contributed by atoms with Gasteiger partial charge >= 0.3 is 5.97 Å². The first-order valence-corrected chi connectivity index (χ1v) is 10.8. The molecule has 2 aliphatic rings. The number of para-hydroxylation sites is 1. The van der Waals surface area contributed by atoms with Crippen LogP contribution in [0.2, 0.25) is 5.02 Å². The monoisotopic (exact) mass is 460 g/mol. The number of rotatable bonds is 4. The number of nitrogens with zero attached hydrogens (tertiary/aromatic N) is 6. The largest absolute Gasteiger partial charge is 0.484 e. The summed E-state index contributed by atoms with van der Waals surface area (Å²) in [5, 5.41) is 21.8. The van der Waals surface area contributed by atoms with Crippen LogP contribution in [0.4, 0.5) is 5.13 Å². The fraction of sp³-hybridized carbons (Fsp3) is 0.368. The van der Waals surface area contributed by atoms with Gasteiger partial charge in [-0.3, -0.25) is 9.59 Å². The second-order valence-electron chi connectivity index (χ2n) is 7.53. The number of piperidine rings is 1. The quantitative estimate of drug-likeness (QED) is 0.625. The normalized spacial score (nSPS) is 17.5. The topological polar surface area (TPSA) is 123 Å². The lowest BCUT2D eigenvalue weighted by Crippen LogP contribution is -2.51. The number of hydrogen-bond acceptors (Lipinski definition) is 9. The molecule has 2 aliphatic heterocycles. The maximum absolute atomic E-state index is 12.7. The van der Waals surface area contributed by atoms with Crippen LogP contribution in [0.15, 0.2) is 24.4 Å². The summed E-state index contributed by atoms with van der Waals surface area (Å²) >= 11 is 7.69. The van der Waals surface area contributed by atoms with Gasteiger partial charge in [0, 0.05) is 25.9 Å². The van der Waals surface area contributed by atoms with Gasteiger partial charge in [-0.15, -0.1) is 10.2 Å². The van der Waals surface area contributed by atoms with Crippen molar-refractivity contribution in [2.45, 2.75) is 31.4 Å². The summed E-state index contributed by atoms with van der Waals surface area (Å²) in [5.41, 5.74) is 0.000736. The first kappa shape index (κ1) is 19.9. The van der Waals surface area contributed by atoms with Crippen molar-refractivity contribution in [1.82, 2.24) is 25.2 Å². The lowest BCUT2D eigenvalue weighted by Gasteiger charge is -2.44. The number of thiazole rings is 1. The molecule has 4 heterocycles. The number of carbonyl (C=O) groups is 2. The SMILES string of the molecule is O=C(O)Cn1nnc(-c2cnc(N3CCC4(CC3)CC(=O)c3cccc(Cl)c3O4)s2)n1. The number of fused-ring (bicyclic) bond motifs is 1. The first-order valence-electron chi connectivity index (χ1n) is 9.64. The van der Waals surface area contributed by atoms with Gasteiger partial charge in [0.05, 0.1) is 28.1 Å². The Kier molecular flexibility index (Phi) is 4.86. The van der Waals surface area contributed by atoms with Crippen molar-refractivity contribution >= 4 is 39.8 Å². The zero-order chi connectivity index (χ0) is 21.6. The Bertz CT molecular complexity index is 1170. The zero-order valence-electron chi connectivity index (χ0n) is 16.2. The number of carboxylic acids is 1. The number of hydrogen-bond donors (Lipinski definition) is 1. The second kappa shape index (κ2) is 7.57. The number of benzene rings is 1. The molecule has 1 spiro atoms. The highest BCUT2D eigenvalue weighted by Crippen LogP contribution is 2.43. The molecule has 0 bridgehead atoms. The fourth-order valence-corrected chi connectivity index (χ4v) is 5.01. The number of tetrazole rings is 1. The number of ether oxygens (including phenoxy) is 1. The van der Waals surface area contributed by atoms with Crippen molar-refractivity contribution < 1.29 is 19.4 Å². The molecule has 1 saturated heterocycles. The molecular weight excluding hydrogens is 444 g/mol. The minimum Gasteiger partial charge on any atom is -0.484 e. The van der Waals surface area contributed by atoms with Gasteiger partial charge in [0.25, 0.3) is 0 Å². The summed E-state index contributed by atoms with van der Waals surface area (Å²) in [4.78, 5) is 31.8. The summed E-state index contributed by atoms with van der Waals surface area (Å²) in [5.74, 6) is -0.153. The molecule has 0 atom stereocenters. The summed E-state index contributed by atoms with van der Waals surface area (Å²) < 4.78 is 6.28. The predicted molar refractivity (Wildman–Crippen MR) is 112 cm³/mol. The first-order chi connectivity index (χ1) is 14.9. The number of carboxylic acid groups (broad SMARTS) is 1. The van der Waals surface area contributed by atoms with Crippen LogP contribution in [-0.4, -0.2) is 60.7 Å². The zero-order valence-corrected chi connectivity index (χ0v) is 17.8. The lowest BCUT2D eigenvalue weighted by molar-refractivity contribution is -0.138. The molecule has 0 amide bonds. The number of aliphatic carboxylic acids is 1. The number of halogens is 1. The van der Waals surface area contributed by atoms with Crippen molar-refractivity contribution in [2.75, 3.05) is 18.0 Å². The van der Waals surface area contributed by atoms with E-state index >= 15 is 0 Å². The van der Waals surface area contributed by atoms with Gasteiger partial charge in [0.15, 0.2) is 17.5 Å². The van der Waals surface area contributed by atoms with E-state index in [2.05, 4.69) is 25.3 Å². The van der Waals surface area contributed by atoms with E-state index in [-0.39, 0.29) is 12.3 Å². The molecule has 31 heavy (non-hydrogen) atoms. The smallest absolute Gasteiger partial charge is 0.327 e. The van der Waals surface area contributed by atoms with E-state index in [0.29, 0.717) is 59.4 Å². The van der Waals surface area contributed by atoms with Crippen LogP contribution in [0.5, 0.6) is 5.75 Å². The second-order valence-corrected chi connectivity index (χ2v) is 8.95. The minimum atomic E-state index is -1.04. The highest BCUT2D eigenvalue weighted by Gasteiger charge is 2.44. The van der Waals surface area contributed by atoms with Gasteiger partial charge in [-0.1, -0.05) is 29.0 Å². The molecule has 5 rings (SSSR count). The van der Waals surface area contributed by atoms with Crippen LogP contribution in [-0.2, 0) is 11.3 Å². The summed E-state index contributed by atoms with van der Waals surface area (Å²) in [6, 6.07) is 5.25. The molecule has 10 nitrogen and oxygen atoms in total. The van der Waals surface area contributed by atoms with E-state index in [1.54, 1.807) is 24.4 Å². The number of anilines is 1. The summed E-state index contributed by atoms with van der Waals surface area (Å²) in [6.45, 7) is 1.01. The standard InChI is InChI=1S/C19H17ClN6O4S/c20-12-3-1-2-11-13(27)8-19(30-16(11)12)4-6-25(7-5-19)18-21-9-14(31-18)17-22-24-26(23-17)10-15(28)29/h1-3,9H,4-8,10H2,(H,28,29). The van der Waals surface area contributed by atoms with Gasteiger partial charge in [-0.2, -0.15) is 4.80 Å². The number of ketones is 1. The van der Waals surface area contributed by atoms with Gasteiger partial charge in [-0.25, -0.2) is 4.98 Å². The van der Waals surface area contributed by atoms with Crippen molar-refractivity contribution in [3.63, 3.8) is 0 Å². The van der Waals surface area contributed by atoms with Gasteiger partial charge in [-0.05, 0) is 17.3 Å². The molecule has 2 aromatic heterocycles. The lowest BCUT2D eigenvalue weighted by atomic mass is 9.82. The van der Waals surface area contributed by atoms with Gasteiger partial charge in [0.1, 0.15) is 11.4 Å². The maximum atomic E-state index is 12.7. The number of aromatic nitrogens is 5. The van der Waals surface area contributed by atoms with Crippen molar-refractivity contribution in [1.29, 1.82) is 0 Å². The molecule has 1 N–H and O–H groups in total. The van der Waals surface area contributed by atoms with Crippen molar-refractivity contribution in [3.8, 4) is 16.5 Å². The van der Waals surface area contributed by atoms with Crippen LogP contribution in [0.1, 0.15) is 29.6 Å². The predicted octanol–water partition coefficient (Wildman–Crippen LogP) is 2.54. The Morgan fingerprint density at radius 3 is 2.90 bits per heavy atom. The van der Waals surface area contributed by atoms with Crippen LogP contribution in [0, 0.1) is 0 Å². The third-order valence-corrected chi connectivity index (χ3v) is 6.81. The van der Waals surface area contributed by atoms with E-state index in [0.717, 1.165) is 9.93 Å². The van der Waals surface area contributed by atoms with Crippen LogP contribution in [0.3, 0.4) is 0 Å². The molecule has 0 radical (unpaired) electrons. The summed E-state index contributed by atoms with van der Waals surface area (Å²) in [7, 11) is 0. The summed E-state index contributed by atoms with van der Waals surface area (Å²) in [6.07, 6.45) is 3.34. The third kappa shape index (κ3) is 3.74. The Labute approximate surface area is 185 Å². The van der Waals surface area contributed by atoms with Gasteiger partial charge < -0.3 is 14.7 Å². The molecule has 0 saturated carbocycles. The Morgan fingerprint density at radius 1 is 1.32 bits per heavy atom. The molecule has 0 unspecified atom stereocenters. The van der Waals surface area contributed by atoms with Crippen molar-refractivity contribution in [3.05, 3.63) is 35.0 Å². The van der Waals surface area contributed by atoms with Gasteiger partial charge in [0.2, 0.25) is 5.82 Å². The molecule has 160 valence electrons. The highest BCUT2D eigenvalue weighted by molar-refractivity contribution is 7.18. The average molecular weight is 461 g/mol. The molecule has 1 fully saturated rings. The average Bonchev–Trinajstić information content (AvgIpc) is 3.39. The highest BCUT2D eigenvalue weighted by atomic mass is 35.5. The maximum Gasteiger partial charge on any atom is 0.327 e. The Balaban J connectivity index is 1.28. The van der Waals surface area contributed by atoms with Crippen molar-refractivity contribution in [2.24, 2.45) is 0 Å². The third-order valence-electron chi connectivity index (χ3n) is 5.46. The molecule has 3 aromatic rings. The number of carbonyl (C=O) groups excluding carboxylic acids is 1. The molecule has 1 aromatic carbocycles. The van der Waals surface area contributed by atoms with Crippen LogP contribution < -0.4 is 9.64 Å². The van der Waals surface area contributed by atoms with Crippen LogP contribution in [0.25, 0.3) is 10.7 Å². The Hall–Kier alpha value is -3.05.